The van der Waals surface area contributed by atoms with Crippen LogP contribution < -0.4 is 0 Å². The molecule has 8 N–H and O–H groups in total. The Kier molecular flexibility index (Phi) is 4.93. The molecule has 11 heteroatoms. The van der Waals surface area contributed by atoms with Gasteiger partial charge < -0.3 is 55.1 Å². The molecular formula is C12H22O11. The minimum absolute atomic E-state index is 0.796. The van der Waals surface area contributed by atoms with E-state index in [2.05, 4.69) is 4.74 Å². The van der Waals surface area contributed by atoms with Gasteiger partial charge in [-0.3, -0.25) is 0 Å². The van der Waals surface area contributed by atoms with Crippen LogP contribution in [0, 0.1) is 0 Å². The summed E-state index contributed by atoms with van der Waals surface area (Å²) < 4.78 is 37.3. The van der Waals surface area contributed by atoms with Gasteiger partial charge in [-0.05, 0) is 0 Å². The lowest BCUT2D eigenvalue weighted by Crippen LogP contribution is -2.64. The van der Waals surface area contributed by atoms with Crippen molar-refractivity contribution in [3.8, 4) is 0 Å². The van der Waals surface area contributed by atoms with Gasteiger partial charge in [0.25, 0.3) is 0 Å². The van der Waals surface area contributed by atoms with Gasteiger partial charge in [0.15, 0.2) is 12.6 Å². The van der Waals surface area contributed by atoms with Gasteiger partial charge >= 0.3 is 0 Å². The first-order valence-corrected chi connectivity index (χ1v) is 6.73. The van der Waals surface area contributed by atoms with Crippen molar-refractivity contribution in [1.29, 1.82) is 0 Å². The zero-order valence-electron chi connectivity index (χ0n) is 14.8. The molecule has 2 aliphatic rings. The Hall–Kier alpha value is -0.440. The second kappa shape index (κ2) is 7.63. The van der Waals surface area contributed by atoms with E-state index in [1.165, 1.54) is 0 Å². The lowest BCUT2D eigenvalue weighted by atomic mass is 9.97. The first kappa shape index (κ1) is 14.9. The third-order valence-corrected chi connectivity index (χ3v) is 3.62. The third-order valence-electron chi connectivity index (χ3n) is 3.62. The van der Waals surface area contributed by atoms with Crippen molar-refractivity contribution < 1.29 is 59.2 Å². The molecule has 2 rings (SSSR count). The number of ether oxygens (including phenoxy) is 3. The van der Waals surface area contributed by atoms with E-state index < -0.39 is 74.6 Å². The first-order chi connectivity index (χ1) is 11.8. The Labute approximate surface area is 135 Å². The molecule has 0 aliphatic carbocycles. The Morgan fingerprint density at radius 3 is 1.96 bits per heavy atom. The summed E-state index contributed by atoms with van der Waals surface area (Å²) in [6.07, 6.45) is -23.4. The summed E-state index contributed by atoms with van der Waals surface area (Å²) in [5, 5.41) is 77.5. The van der Waals surface area contributed by atoms with Crippen LogP contribution in [0.1, 0.15) is 4.11 Å². The quantitative estimate of drug-likeness (QED) is 0.243. The summed E-state index contributed by atoms with van der Waals surface area (Å²) >= 11 is 0. The molecule has 10 atom stereocenters. The summed E-state index contributed by atoms with van der Waals surface area (Å²) in [4.78, 5) is 0. The van der Waals surface area contributed by atoms with Crippen LogP contribution in [-0.4, -0.2) is 115 Å². The van der Waals surface area contributed by atoms with Gasteiger partial charge in [-0.2, -0.15) is 0 Å². The van der Waals surface area contributed by atoms with Crippen molar-refractivity contribution >= 4 is 0 Å². The van der Waals surface area contributed by atoms with Crippen LogP contribution in [-0.2, 0) is 14.2 Å². The molecule has 23 heavy (non-hydrogen) atoms. The van der Waals surface area contributed by atoms with Crippen molar-refractivity contribution in [2.45, 2.75) is 61.3 Å². The molecule has 0 aromatic rings. The maximum atomic E-state index is 10.2. The molecule has 0 amide bonds. The maximum absolute atomic E-state index is 10.2. The SMILES string of the molecule is [2H][C@]1(O)[C@@]([2H])(O)O[C@H](CO)[C@@H](O[C@@H]2O[C@H](CO)[C@H](O)[C@H](O)[C@H]2O)[C@]1([2H])O. The fourth-order valence-corrected chi connectivity index (χ4v) is 2.29. The largest absolute Gasteiger partial charge is 0.394 e. The number of aliphatic hydroxyl groups is 8. The predicted molar refractivity (Wildman–Crippen MR) is 68.6 cm³/mol. The number of rotatable bonds is 4. The molecule has 0 bridgehead atoms. The van der Waals surface area contributed by atoms with Crippen LogP contribution in [0.3, 0.4) is 0 Å². The summed E-state index contributed by atoms with van der Waals surface area (Å²) in [6.45, 7) is -1.84. The zero-order chi connectivity index (χ0) is 20.1. The highest BCUT2D eigenvalue weighted by molar-refractivity contribution is 4.93. The van der Waals surface area contributed by atoms with E-state index in [1.54, 1.807) is 0 Å². The van der Waals surface area contributed by atoms with Crippen LogP contribution in [0.4, 0.5) is 0 Å². The van der Waals surface area contributed by atoms with Gasteiger partial charge in [-0.15, -0.1) is 0 Å². The smallest absolute Gasteiger partial charge is 0.187 e. The van der Waals surface area contributed by atoms with Crippen LogP contribution in [0.15, 0.2) is 0 Å². The monoisotopic (exact) mass is 345 g/mol. The second-order valence-electron chi connectivity index (χ2n) is 5.13. The molecule has 0 saturated carbocycles. The Bertz CT molecular complexity index is 503. The van der Waals surface area contributed by atoms with Crippen molar-refractivity contribution in [2.24, 2.45) is 0 Å². The average Bonchev–Trinajstić information content (AvgIpc) is 2.56. The molecular weight excluding hydrogens is 320 g/mol. The van der Waals surface area contributed by atoms with Crippen LogP contribution in [0.5, 0.6) is 0 Å². The average molecular weight is 345 g/mol. The molecule has 0 radical (unpaired) electrons. The van der Waals surface area contributed by atoms with Gasteiger partial charge in [0.05, 0.1) is 17.3 Å². The van der Waals surface area contributed by atoms with Gasteiger partial charge in [0.2, 0.25) is 0 Å². The van der Waals surface area contributed by atoms with E-state index in [1.807, 2.05) is 0 Å². The van der Waals surface area contributed by atoms with E-state index in [-0.39, 0.29) is 0 Å². The molecule has 2 heterocycles. The van der Waals surface area contributed by atoms with Crippen molar-refractivity contribution in [2.75, 3.05) is 13.2 Å². The number of hydrogen-bond acceptors (Lipinski definition) is 11. The van der Waals surface area contributed by atoms with Gasteiger partial charge in [-0.1, -0.05) is 0 Å². The van der Waals surface area contributed by atoms with Crippen molar-refractivity contribution in [3.05, 3.63) is 0 Å². The number of hydrogen-bond donors (Lipinski definition) is 8. The number of aliphatic hydroxyl groups excluding tert-OH is 5. The van der Waals surface area contributed by atoms with Crippen molar-refractivity contribution in [3.63, 3.8) is 0 Å². The lowest BCUT2D eigenvalue weighted by molar-refractivity contribution is -0.355. The minimum atomic E-state index is -3.68. The standard InChI is InChI=1S/C12H22O11/c13-1-3-5(15)6(16)9(19)12(22-3)23-10-4(2-14)21-11(20)8(18)7(10)17/h3-20H,1-2H2/t3-,4-,5+,6+,7-,8-,9-,10-,11+,12+/m1/s1/i7D,8D,11D. The molecule has 0 spiro atoms. The topological polar surface area (TPSA) is 190 Å². The Balaban J connectivity index is 2.31. The van der Waals surface area contributed by atoms with Gasteiger partial charge in [0.1, 0.15) is 48.8 Å². The molecule has 0 aromatic heterocycles. The van der Waals surface area contributed by atoms with E-state index in [4.69, 9.17) is 18.7 Å². The first-order valence-electron chi connectivity index (χ1n) is 8.23. The maximum Gasteiger partial charge on any atom is 0.187 e. The second-order valence-corrected chi connectivity index (χ2v) is 5.13. The van der Waals surface area contributed by atoms with Gasteiger partial charge in [-0.25, -0.2) is 0 Å². The highest BCUT2D eigenvalue weighted by atomic mass is 16.7. The molecule has 2 saturated heterocycles. The fraction of sp³-hybridized carbons (Fsp3) is 1.00. The predicted octanol–water partition coefficient (Wildman–Crippen LogP) is -5.40. The van der Waals surface area contributed by atoms with Crippen molar-refractivity contribution in [1.82, 2.24) is 0 Å². The lowest BCUT2D eigenvalue weighted by Gasteiger charge is -2.45. The zero-order valence-corrected chi connectivity index (χ0v) is 11.8. The summed E-state index contributed by atoms with van der Waals surface area (Å²) in [5.74, 6) is 0. The van der Waals surface area contributed by atoms with Crippen LogP contribution in [0.25, 0.3) is 0 Å². The fourth-order valence-electron chi connectivity index (χ4n) is 2.29. The highest BCUT2D eigenvalue weighted by Gasteiger charge is 2.50. The summed E-state index contributed by atoms with van der Waals surface area (Å²) in [7, 11) is 0. The van der Waals surface area contributed by atoms with E-state index in [9.17, 15) is 35.7 Å². The minimum Gasteiger partial charge on any atom is -0.394 e. The third kappa shape index (κ3) is 3.65. The van der Waals surface area contributed by atoms with E-state index >= 15 is 0 Å². The van der Waals surface area contributed by atoms with E-state index in [0.717, 1.165) is 0 Å². The molecule has 0 unspecified atom stereocenters. The Morgan fingerprint density at radius 2 is 1.39 bits per heavy atom. The van der Waals surface area contributed by atoms with Gasteiger partial charge in [0, 0.05) is 0 Å². The molecule has 2 aliphatic heterocycles. The summed E-state index contributed by atoms with van der Waals surface area (Å²) in [5.41, 5.74) is 0. The highest BCUT2D eigenvalue weighted by Crippen LogP contribution is 2.28. The van der Waals surface area contributed by atoms with E-state index in [0.29, 0.717) is 0 Å². The summed E-state index contributed by atoms with van der Waals surface area (Å²) in [6, 6.07) is 0. The van der Waals surface area contributed by atoms with Crippen LogP contribution >= 0.6 is 0 Å². The molecule has 136 valence electrons. The van der Waals surface area contributed by atoms with Crippen LogP contribution in [0.2, 0.25) is 0 Å². The molecule has 2 fully saturated rings. The molecule has 11 nitrogen and oxygen atoms in total. The Morgan fingerprint density at radius 1 is 0.783 bits per heavy atom. The molecule has 0 aromatic carbocycles. The normalized spacial score (nSPS) is 63.1.